The first-order valence-corrected chi connectivity index (χ1v) is 10.3. The Bertz CT molecular complexity index is 1010. The zero-order valence-electron chi connectivity index (χ0n) is 15.3. The van der Waals surface area contributed by atoms with Gasteiger partial charge in [0.1, 0.15) is 5.82 Å². The SMILES string of the molecule is Cc1nn(Cc2ccccc2)c(C)c1CNS(=O)(=O)Cc1ccc(F)cc1. The number of nitrogens with zero attached hydrogens (tertiary/aromatic N) is 2. The van der Waals surface area contributed by atoms with Gasteiger partial charge in [-0.1, -0.05) is 42.5 Å². The minimum Gasteiger partial charge on any atom is -0.265 e. The second kappa shape index (κ2) is 8.02. The maximum atomic E-state index is 13.0. The summed E-state index contributed by atoms with van der Waals surface area (Å²) in [5.74, 6) is -0.579. The Hall–Kier alpha value is -2.51. The van der Waals surface area contributed by atoms with Crippen molar-refractivity contribution in [2.24, 2.45) is 0 Å². The van der Waals surface area contributed by atoms with Gasteiger partial charge in [-0.05, 0) is 37.1 Å². The van der Waals surface area contributed by atoms with Crippen LogP contribution in [0.5, 0.6) is 0 Å². The highest BCUT2D eigenvalue weighted by Crippen LogP contribution is 2.16. The molecule has 0 spiro atoms. The van der Waals surface area contributed by atoms with Crippen LogP contribution in [0.4, 0.5) is 4.39 Å². The lowest BCUT2D eigenvalue weighted by Gasteiger charge is -2.08. The van der Waals surface area contributed by atoms with Crippen LogP contribution >= 0.6 is 0 Å². The molecule has 1 aromatic heterocycles. The molecular formula is C20H22FN3O2S. The lowest BCUT2D eigenvalue weighted by molar-refractivity contribution is 0.579. The Morgan fingerprint density at radius 1 is 1.00 bits per heavy atom. The number of sulfonamides is 1. The molecule has 0 aliphatic heterocycles. The molecule has 2 aromatic carbocycles. The predicted octanol–water partition coefficient (Wildman–Crippen LogP) is 3.31. The van der Waals surface area contributed by atoms with Crippen LogP contribution in [0.3, 0.4) is 0 Å². The third-order valence-corrected chi connectivity index (χ3v) is 5.74. The van der Waals surface area contributed by atoms with Crippen molar-refractivity contribution in [1.29, 1.82) is 0 Å². The van der Waals surface area contributed by atoms with Gasteiger partial charge in [-0.15, -0.1) is 0 Å². The highest BCUT2D eigenvalue weighted by Gasteiger charge is 2.16. The van der Waals surface area contributed by atoms with Gasteiger partial charge < -0.3 is 0 Å². The highest BCUT2D eigenvalue weighted by atomic mass is 32.2. The smallest absolute Gasteiger partial charge is 0.216 e. The largest absolute Gasteiger partial charge is 0.265 e. The van der Waals surface area contributed by atoms with Crippen LogP contribution in [0.15, 0.2) is 54.6 Å². The van der Waals surface area contributed by atoms with Crippen molar-refractivity contribution in [3.05, 3.63) is 88.5 Å². The predicted molar refractivity (Wildman–Crippen MR) is 103 cm³/mol. The summed E-state index contributed by atoms with van der Waals surface area (Å²) in [5, 5.41) is 4.54. The van der Waals surface area contributed by atoms with Crippen molar-refractivity contribution in [2.75, 3.05) is 0 Å². The minimum absolute atomic E-state index is 0.177. The van der Waals surface area contributed by atoms with Crippen LogP contribution in [-0.4, -0.2) is 18.2 Å². The first-order valence-electron chi connectivity index (χ1n) is 8.62. The molecule has 142 valence electrons. The maximum absolute atomic E-state index is 13.0. The van der Waals surface area contributed by atoms with Crippen LogP contribution in [0.25, 0.3) is 0 Å². The molecule has 0 amide bonds. The Morgan fingerprint density at radius 3 is 2.33 bits per heavy atom. The molecule has 5 nitrogen and oxygen atoms in total. The van der Waals surface area contributed by atoms with E-state index in [0.717, 1.165) is 22.5 Å². The normalized spacial score (nSPS) is 11.7. The summed E-state index contributed by atoms with van der Waals surface area (Å²) in [7, 11) is -3.54. The van der Waals surface area contributed by atoms with E-state index in [1.165, 1.54) is 24.3 Å². The van der Waals surface area contributed by atoms with E-state index < -0.39 is 10.0 Å². The standard InChI is InChI=1S/C20H22FN3O2S/c1-15-20(16(2)24(23-15)13-17-6-4-3-5-7-17)12-22-27(25,26)14-18-8-10-19(21)11-9-18/h3-11,22H,12-14H2,1-2H3. The fraction of sp³-hybridized carbons (Fsp3) is 0.250. The summed E-state index contributed by atoms with van der Waals surface area (Å²) in [6.45, 7) is 4.62. The second-order valence-electron chi connectivity index (χ2n) is 6.50. The number of benzene rings is 2. The van der Waals surface area contributed by atoms with E-state index in [-0.39, 0.29) is 18.1 Å². The lowest BCUT2D eigenvalue weighted by Crippen LogP contribution is -2.25. The third kappa shape index (κ3) is 5.02. The van der Waals surface area contributed by atoms with Gasteiger partial charge in [-0.3, -0.25) is 4.68 Å². The number of nitrogens with one attached hydrogen (secondary N) is 1. The van der Waals surface area contributed by atoms with E-state index in [2.05, 4.69) is 9.82 Å². The molecule has 0 atom stereocenters. The molecule has 7 heteroatoms. The lowest BCUT2D eigenvalue weighted by atomic mass is 10.2. The monoisotopic (exact) mass is 387 g/mol. The van der Waals surface area contributed by atoms with Crippen LogP contribution in [0, 0.1) is 19.7 Å². The maximum Gasteiger partial charge on any atom is 0.216 e. The van der Waals surface area contributed by atoms with Crippen molar-refractivity contribution in [2.45, 2.75) is 32.7 Å². The van der Waals surface area contributed by atoms with E-state index >= 15 is 0 Å². The zero-order chi connectivity index (χ0) is 19.4. The molecule has 0 unspecified atom stereocenters. The summed E-state index contributed by atoms with van der Waals surface area (Å²) in [6.07, 6.45) is 0. The van der Waals surface area contributed by atoms with E-state index in [4.69, 9.17) is 0 Å². The molecule has 0 radical (unpaired) electrons. The Balaban J connectivity index is 1.69. The summed E-state index contributed by atoms with van der Waals surface area (Å²) in [6, 6.07) is 15.4. The van der Waals surface area contributed by atoms with E-state index in [0.29, 0.717) is 12.1 Å². The topological polar surface area (TPSA) is 64.0 Å². The van der Waals surface area contributed by atoms with Crippen LogP contribution in [-0.2, 0) is 28.9 Å². The third-order valence-electron chi connectivity index (χ3n) is 4.45. The van der Waals surface area contributed by atoms with Gasteiger partial charge in [0.25, 0.3) is 0 Å². The Labute approximate surface area is 158 Å². The molecule has 1 heterocycles. The number of rotatable bonds is 7. The molecule has 0 saturated heterocycles. The molecule has 0 aliphatic carbocycles. The fourth-order valence-electron chi connectivity index (χ4n) is 2.93. The van der Waals surface area contributed by atoms with Gasteiger partial charge in [0, 0.05) is 17.8 Å². The quantitative estimate of drug-likeness (QED) is 0.676. The van der Waals surface area contributed by atoms with Crippen molar-refractivity contribution in [3.8, 4) is 0 Å². The summed E-state index contributed by atoms with van der Waals surface area (Å²) >= 11 is 0. The number of halogens is 1. The van der Waals surface area contributed by atoms with Crippen molar-refractivity contribution < 1.29 is 12.8 Å². The summed E-state index contributed by atoms with van der Waals surface area (Å²) in [4.78, 5) is 0. The number of aromatic nitrogens is 2. The second-order valence-corrected chi connectivity index (χ2v) is 8.31. The van der Waals surface area contributed by atoms with Gasteiger partial charge >= 0.3 is 0 Å². The number of hydrogen-bond acceptors (Lipinski definition) is 3. The van der Waals surface area contributed by atoms with Crippen molar-refractivity contribution in [3.63, 3.8) is 0 Å². The number of hydrogen-bond donors (Lipinski definition) is 1. The molecular weight excluding hydrogens is 365 g/mol. The zero-order valence-corrected chi connectivity index (χ0v) is 16.1. The van der Waals surface area contributed by atoms with E-state index in [1.54, 1.807) is 0 Å². The van der Waals surface area contributed by atoms with Gasteiger partial charge in [0.05, 0.1) is 18.0 Å². The van der Waals surface area contributed by atoms with Crippen LogP contribution < -0.4 is 4.72 Å². The summed E-state index contributed by atoms with van der Waals surface area (Å²) < 4.78 is 42.2. The minimum atomic E-state index is -3.54. The van der Waals surface area contributed by atoms with Crippen molar-refractivity contribution >= 4 is 10.0 Å². The highest BCUT2D eigenvalue weighted by molar-refractivity contribution is 7.88. The number of aryl methyl sites for hydroxylation is 1. The van der Waals surface area contributed by atoms with Crippen LogP contribution in [0.1, 0.15) is 28.1 Å². The first-order chi connectivity index (χ1) is 12.8. The Kier molecular flexibility index (Phi) is 5.72. The molecule has 0 fully saturated rings. The molecule has 3 aromatic rings. The van der Waals surface area contributed by atoms with E-state index in [9.17, 15) is 12.8 Å². The van der Waals surface area contributed by atoms with Crippen LogP contribution in [0.2, 0.25) is 0 Å². The molecule has 0 saturated carbocycles. The first kappa shape index (κ1) is 19.3. The van der Waals surface area contributed by atoms with Gasteiger partial charge in [0.15, 0.2) is 0 Å². The van der Waals surface area contributed by atoms with Crippen molar-refractivity contribution in [1.82, 2.24) is 14.5 Å². The summed E-state index contributed by atoms with van der Waals surface area (Å²) in [5.41, 5.74) is 4.27. The van der Waals surface area contributed by atoms with Gasteiger partial charge in [-0.2, -0.15) is 5.10 Å². The fourth-order valence-corrected chi connectivity index (χ4v) is 4.03. The Morgan fingerprint density at radius 2 is 1.67 bits per heavy atom. The molecule has 27 heavy (non-hydrogen) atoms. The average Bonchev–Trinajstić information content (AvgIpc) is 2.89. The molecule has 3 rings (SSSR count). The molecule has 0 aliphatic rings. The van der Waals surface area contributed by atoms with Gasteiger partial charge in [-0.25, -0.2) is 17.5 Å². The van der Waals surface area contributed by atoms with E-state index in [1.807, 2.05) is 48.9 Å². The molecule has 0 bridgehead atoms. The average molecular weight is 387 g/mol. The van der Waals surface area contributed by atoms with Gasteiger partial charge in [0.2, 0.25) is 10.0 Å². The molecule has 1 N–H and O–H groups in total.